The highest BCUT2D eigenvalue weighted by molar-refractivity contribution is 5.82. The topological polar surface area (TPSA) is 28.0 Å². The van der Waals surface area contributed by atoms with E-state index in [1.54, 1.807) is 0 Å². The molecule has 0 aliphatic carbocycles. The van der Waals surface area contributed by atoms with Gasteiger partial charge in [-0.1, -0.05) is 70.0 Å². The van der Waals surface area contributed by atoms with Crippen LogP contribution in [0.3, 0.4) is 0 Å². The quantitative estimate of drug-likeness (QED) is 0.377. The van der Waals surface area contributed by atoms with Gasteiger partial charge < -0.3 is 4.90 Å². The Morgan fingerprint density at radius 3 is 1.90 bits per heavy atom. The van der Waals surface area contributed by atoms with Crippen LogP contribution in [0.1, 0.15) is 63.3 Å². The van der Waals surface area contributed by atoms with E-state index in [1.807, 2.05) is 26.3 Å². The number of hydrogen-bond donors (Lipinski definition) is 0. The van der Waals surface area contributed by atoms with Crippen LogP contribution in [0.5, 0.6) is 0 Å². The van der Waals surface area contributed by atoms with Crippen molar-refractivity contribution in [1.29, 1.82) is 0 Å². The molecule has 0 N–H and O–H groups in total. The summed E-state index contributed by atoms with van der Waals surface area (Å²) in [5, 5.41) is 0. The molecule has 0 aliphatic heterocycles. The zero-order valence-corrected chi connectivity index (χ0v) is 19.9. The van der Waals surface area contributed by atoms with Gasteiger partial charge in [0.15, 0.2) is 0 Å². The van der Waals surface area contributed by atoms with Gasteiger partial charge in [0.05, 0.1) is 13.1 Å². The van der Waals surface area contributed by atoms with Gasteiger partial charge >= 0.3 is 0 Å². The number of benzene rings is 2. The minimum absolute atomic E-state index is 0.706. The van der Waals surface area contributed by atoms with E-state index in [1.165, 1.54) is 28.8 Å². The van der Waals surface area contributed by atoms with Crippen LogP contribution in [-0.4, -0.2) is 39.1 Å². The fourth-order valence-corrected chi connectivity index (χ4v) is 2.42. The lowest BCUT2D eigenvalue weighted by Gasteiger charge is -2.16. The third-order valence-corrected chi connectivity index (χ3v) is 4.06. The van der Waals surface area contributed by atoms with E-state index in [0.717, 1.165) is 12.1 Å². The molecule has 0 radical (unpaired) electrons. The summed E-state index contributed by atoms with van der Waals surface area (Å²) in [7, 11) is 2.09. The molecular weight excluding hydrogens is 354 g/mol. The van der Waals surface area contributed by atoms with Gasteiger partial charge in [0.25, 0.3) is 0 Å². The largest absolute Gasteiger partial charge is 0.375 e. The summed E-state index contributed by atoms with van der Waals surface area (Å²) in [4.78, 5) is 11.1. The molecule has 0 saturated carbocycles. The fraction of sp³-hybridized carbons (Fsp3) is 0.462. The molecule has 0 spiro atoms. The molecule has 0 heterocycles. The molecule has 2 rings (SSSR count). The van der Waals surface area contributed by atoms with Crippen LogP contribution in [0.2, 0.25) is 0 Å². The molecule has 2 aromatic carbocycles. The van der Waals surface area contributed by atoms with Crippen molar-refractivity contribution in [2.75, 3.05) is 31.6 Å². The standard InChI is InChI=1S/C21H27N3.C3H8.C2H6/c1-5-24(4)21-10-7-19(8-11-21)15-22-12-13-23-16-20-9-6-17(2)14-18(20)3;1-3-2;1-2/h6-11,14-16H,5,12-13H2,1-4H3;3H2,1-2H3;1-2H3. The Morgan fingerprint density at radius 1 is 0.828 bits per heavy atom. The second-order valence-electron chi connectivity index (χ2n) is 6.74. The first-order valence-corrected chi connectivity index (χ1v) is 10.9. The lowest BCUT2D eigenvalue weighted by atomic mass is 10.1. The van der Waals surface area contributed by atoms with Crippen molar-refractivity contribution in [3.63, 3.8) is 0 Å². The average molecular weight is 396 g/mol. The van der Waals surface area contributed by atoms with Crippen molar-refractivity contribution in [1.82, 2.24) is 0 Å². The predicted molar refractivity (Wildman–Crippen MR) is 134 cm³/mol. The zero-order chi connectivity index (χ0) is 22.1. The van der Waals surface area contributed by atoms with E-state index >= 15 is 0 Å². The summed E-state index contributed by atoms with van der Waals surface area (Å²) in [5.74, 6) is 0. The molecule has 3 heteroatoms. The average Bonchev–Trinajstić information content (AvgIpc) is 2.74. The van der Waals surface area contributed by atoms with Crippen molar-refractivity contribution in [2.24, 2.45) is 9.98 Å². The van der Waals surface area contributed by atoms with Gasteiger partial charge in [-0.25, -0.2) is 0 Å². The van der Waals surface area contributed by atoms with Crippen molar-refractivity contribution in [3.8, 4) is 0 Å². The van der Waals surface area contributed by atoms with Crippen molar-refractivity contribution in [2.45, 2.75) is 54.9 Å². The van der Waals surface area contributed by atoms with Gasteiger partial charge in [0, 0.05) is 31.7 Å². The predicted octanol–water partition coefficient (Wildman–Crippen LogP) is 6.74. The number of hydrogen-bond acceptors (Lipinski definition) is 3. The summed E-state index contributed by atoms with van der Waals surface area (Å²) in [6, 6.07) is 14.9. The number of rotatable bonds is 7. The smallest absolute Gasteiger partial charge is 0.0585 e. The highest BCUT2D eigenvalue weighted by Gasteiger charge is 1.97. The normalized spacial score (nSPS) is 10.3. The second-order valence-corrected chi connectivity index (χ2v) is 6.74. The monoisotopic (exact) mass is 395 g/mol. The van der Waals surface area contributed by atoms with Crippen molar-refractivity contribution in [3.05, 3.63) is 64.7 Å². The summed E-state index contributed by atoms with van der Waals surface area (Å²) in [6.07, 6.45) is 5.11. The second kappa shape index (κ2) is 16.5. The molecule has 0 aromatic heterocycles. The Kier molecular flexibility index (Phi) is 15.1. The molecule has 29 heavy (non-hydrogen) atoms. The molecule has 0 atom stereocenters. The van der Waals surface area contributed by atoms with Gasteiger partial charge in [0.1, 0.15) is 0 Å². The number of nitrogens with zero attached hydrogens (tertiary/aromatic N) is 3. The number of aliphatic imine (C=N–C) groups is 2. The first kappa shape index (κ1) is 26.6. The van der Waals surface area contributed by atoms with E-state index < -0.39 is 0 Å². The minimum Gasteiger partial charge on any atom is -0.375 e. The summed E-state index contributed by atoms with van der Waals surface area (Å²) < 4.78 is 0. The van der Waals surface area contributed by atoms with E-state index in [4.69, 9.17) is 0 Å². The van der Waals surface area contributed by atoms with Crippen LogP contribution in [0, 0.1) is 13.8 Å². The number of anilines is 1. The van der Waals surface area contributed by atoms with Crippen molar-refractivity contribution >= 4 is 18.1 Å². The zero-order valence-electron chi connectivity index (χ0n) is 19.9. The number of aryl methyl sites for hydroxylation is 2. The fourth-order valence-electron chi connectivity index (χ4n) is 2.42. The Morgan fingerprint density at radius 2 is 1.38 bits per heavy atom. The Hall–Kier alpha value is -2.42. The lowest BCUT2D eigenvalue weighted by Crippen LogP contribution is -2.15. The molecule has 0 fully saturated rings. The van der Waals surface area contributed by atoms with Gasteiger partial charge in [-0.3, -0.25) is 9.98 Å². The summed E-state index contributed by atoms with van der Waals surface area (Å²) in [6.45, 7) is 17.0. The van der Waals surface area contributed by atoms with Crippen LogP contribution in [0.25, 0.3) is 0 Å². The minimum atomic E-state index is 0.706. The lowest BCUT2D eigenvalue weighted by molar-refractivity contribution is 0.968. The molecule has 0 bridgehead atoms. The highest BCUT2D eigenvalue weighted by Crippen LogP contribution is 2.12. The van der Waals surface area contributed by atoms with Gasteiger partial charge in [0.2, 0.25) is 0 Å². The summed E-state index contributed by atoms with van der Waals surface area (Å²) >= 11 is 0. The molecule has 160 valence electrons. The third-order valence-electron chi connectivity index (χ3n) is 4.06. The maximum absolute atomic E-state index is 4.47. The van der Waals surface area contributed by atoms with Gasteiger partial charge in [-0.05, 0) is 49.6 Å². The maximum atomic E-state index is 4.47. The van der Waals surface area contributed by atoms with Crippen molar-refractivity contribution < 1.29 is 0 Å². The molecular formula is C26H41N3. The van der Waals surface area contributed by atoms with E-state index in [0.29, 0.717) is 13.1 Å². The summed E-state index contributed by atoms with van der Waals surface area (Å²) in [5.41, 5.74) is 6.08. The van der Waals surface area contributed by atoms with Gasteiger partial charge in [-0.2, -0.15) is 0 Å². The molecule has 3 nitrogen and oxygen atoms in total. The van der Waals surface area contributed by atoms with Crippen LogP contribution in [0.4, 0.5) is 5.69 Å². The van der Waals surface area contributed by atoms with Crippen LogP contribution >= 0.6 is 0 Å². The first-order chi connectivity index (χ1) is 14.0. The molecule has 0 amide bonds. The first-order valence-electron chi connectivity index (χ1n) is 10.9. The Labute approximate surface area is 179 Å². The Bertz CT molecular complexity index is 715. The van der Waals surface area contributed by atoms with E-state index in [-0.39, 0.29) is 0 Å². The molecule has 0 unspecified atom stereocenters. The van der Waals surface area contributed by atoms with E-state index in [9.17, 15) is 0 Å². The third kappa shape index (κ3) is 11.2. The molecule has 0 saturated heterocycles. The SMILES string of the molecule is CC.CCC.CCN(C)c1ccc(C=NCCN=Cc2ccc(C)cc2C)cc1. The highest BCUT2D eigenvalue weighted by atomic mass is 15.1. The molecule has 0 aliphatic rings. The van der Waals surface area contributed by atoms with Crippen LogP contribution in [-0.2, 0) is 0 Å². The molecule has 2 aromatic rings. The van der Waals surface area contributed by atoms with Crippen LogP contribution < -0.4 is 4.90 Å². The Balaban J connectivity index is 0.00000143. The van der Waals surface area contributed by atoms with E-state index in [2.05, 4.69) is 99.0 Å². The van der Waals surface area contributed by atoms with Crippen LogP contribution in [0.15, 0.2) is 52.4 Å². The maximum Gasteiger partial charge on any atom is 0.0585 e. The van der Waals surface area contributed by atoms with Gasteiger partial charge in [-0.15, -0.1) is 0 Å².